The molecule has 1 aromatic carbocycles. The number of hydrogen-bond donors (Lipinski definition) is 0. The smallest absolute Gasteiger partial charge is 0.341 e. The molecule has 22 heavy (non-hydrogen) atoms. The molecule has 0 radical (unpaired) electrons. The first-order chi connectivity index (χ1) is 10.8. The number of rotatable bonds is 3. The Morgan fingerprint density at radius 1 is 1.14 bits per heavy atom. The molecule has 3 aliphatic rings. The van der Waals surface area contributed by atoms with E-state index in [0.29, 0.717) is 11.6 Å². The zero-order valence-corrected chi connectivity index (χ0v) is 12.6. The average molecular weight is 303 g/mol. The lowest BCUT2D eigenvalue weighted by atomic mass is 10.1. The summed E-state index contributed by atoms with van der Waals surface area (Å²) >= 11 is 0. The SMILES string of the molecule is O=C1OC(O[C@H]2CCC[C@@H]2N2CCOCC2)c2ccccc21. The van der Waals surface area contributed by atoms with Crippen molar-refractivity contribution in [2.24, 2.45) is 0 Å². The maximum atomic E-state index is 11.9. The fourth-order valence-corrected chi connectivity index (χ4v) is 3.76. The number of hydrogen-bond acceptors (Lipinski definition) is 5. The third-order valence-electron chi connectivity index (χ3n) is 4.88. The van der Waals surface area contributed by atoms with Gasteiger partial charge >= 0.3 is 5.97 Å². The van der Waals surface area contributed by atoms with Crippen LogP contribution in [0.15, 0.2) is 24.3 Å². The molecule has 0 amide bonds. The molecule has 1 aliphatic carbocycles. The first kappa shape index (κ1) is 14.2. The Morgan fingerprint density at radius 3 is 2.82 bits per heavy atom. The van der Waals surface area contributed by atoms with Gasteiger partial charge in [0.2, 0.25) is 6.29 Å². The number of nitrogens with zero attached hydrogens (tertiary/aromatic N) is 1. The van der Waals surface area contributed by atoms with Crippen molar-refractivity contribution in [2.75, 3.05) is 26.3 Å². The van der Waals surface area contributed by atoms with E-state index in [1.54, 1.807) is 6.07 Å². The predicted octanol–water partition coefficient (Wildman–Crippen LogP) is 2.13. The molecular formula is C17H21NO4. The van der Waals surface area contributed by atoms with Gasteiger partial charge in [0.1, 0.15) is 0 Å². The van der Waals surface area contributed by atoms with Gasteiger partial charge in [0.15, 0.2) is 0 Å². The van der Waals surface area contributed by atoms with E-state index < -0.39 is 6.29 Å². The van der Waals surface area contributed by atoms with Gasteiger partial charge in [-0.2, -0.15) is 0 Å². The van der Waals surface area contributed by atoms with Crippen LogP contribution in [-0.4, -0.2) is 49.3 Å². The molecule has 1 saturated heterocycles. The van der Waals surface area contributed by atoms with Gasteiger partial charge < -0.3 is 14.2 Å². The van der Waals surface area contributed by atoms with E-state index in [-0.39, 0.29) is 12.1 Å². The van der Waals surface area contributed by atoms with Gasteiger partial charge in [0.05, 0.1) is 24.9 Å². The molecule has 2 heterocycles. The molecule has 118 valence electrons. The fourth-order valence-electron chi connectivity index (χ4n) is 3.76. The molecule has 2 aliphatic heterocycles. The third kappa shape index (κ3) is 2.53. The molecule has 0 aromatic heterocycles. The first-order valence-electron chi connectivity index (χ1n) is 8.10. The van der Waals surface area contributed by atoms with E-state index in [2.05, 4.69) is 4.90 Å². The van der Waals surface area contributed by atoms with Crippen molar-refractivity contribution in [2.45, 2.75) is 37.7 Å². The van der Waals surface area contributed by atoms with Crippen molar-refractivity contribution in [3.63, 3.8) is 0 Å². The lowest BCUT2D eigenvalue weighted by Gasteiger charge is -2.36. The molecule has 0 spiro atoms. The summed E-state index contributed by atoms with van der Waals surface area (Å²) in [7, 11) is 0. The van der Waals surface area contributed by atoms with Crippen LogP contribution in [0, 0.1) is 0 Å². The number of ether oxygens (including phenoxy) is 3. The quantitative estimate of drug-likeness (QED) is 0.801. The Morgan fingerprint density at radius 2 is 1.95 bits per heavy atom. The van der Waals surface area contributed by atoms with Gasteiger partial charge in [-0.3, -0.25) is 4.90 Å². The highest BCUT2D eigenvalue weighted by Gasteiger charge is 2.39. The van der Waals surface area contributed by atoms with Gasteiger partial charge in [-0.05, 0) is 25.3 Å². The van der Waals surface area contributed by atoms with Gasteiger partial charge in [-0.1, -0.05) is 18.2 Å². The van der Waals surface area contributed by atoms with Gasteiger partial charge in [0, 0.05) is 24.7 Å². The predicted molar refractivity (Wildman–Crippen MR) is 79.5 cm³/mol. The van der Waals surface area contributed by atoms with Crippen molar-refractivity contribution >= 4 is 5.97 Å². The topological polar surface area (TPSA) is 48.0 Å². The Hall–Kier alpha value is -1.43. The molecule has 4 rings (SSSR count). The normalized spacial score (nSPS) is 32.0. The molecule has 5 nitrogen and oxygen atoms in total. The number of carbonyl (C=O) groups excluding carboxylic acids is 1. The molecule has 1 aromatic rings. The second-order valence-corrected chi connectivity index (χ2v) is 6.15. The van der Waals surface area contributed by atoms with Gasteiger partial charge in [0.25, 0.3) is 0 Å². The van der Waals surface area contributed by atoms with E-state index >= 15 is 0 Å². The molecule has 5 heteroatoms. The summed E-state index contributed by atoms with van der Waals surface area (Å²) in [5.41, 5.74) is 1.49. The number of cyclic esters (lactones) is 1. The number of fused-ring (bicyclic) bond motifs is 1. The van der Waals surface area contributed by atoms with Crippen molar-refractivity contribution < 1.29 is 19.0 Å². The van der Waals surface area contributed by atoms with Crippen molar-refractivity contribution in [1.29, 1.82) is 0 Å². The Balaban J connectivity index is 1.48. The van der Waals surface area contributed by atoms with Crippen molar-refractivity contribution in [3.05, 3.63) is 35.4 Å². The molecule has 1 saturated carbocycles. The second kappa shape index (κ2) is 5.99. The van der Waals surface area contributed by atoms with Crippen LogP contribution in [0.4, 0.5) is 0 Å². The highest BCUT2D eigenvalue weighted by Crippen LogP contribution is 2.36. The van der Waals surface area contributed by atoms with E-state index in [0.717, 1.165) is 51.1 Å². The number of carbonyl (C=O) groups is 1. The van der Waals surface area contributed by atoms with Crippen LogP contribution in [0.1, 0.15) is 41.5 Å². The van der Waals surface area contributed by atoms with Crippen LogP contribution in [0.3, 0.4) is 0 Å². The van der Waals surface area contributed by atoms with Crippen molar-refractivity contribution in [1.82, 2.24) is 4.90 Å². The molecule has 2 fully saturated rings. The van der Waals surface area contributed by atoms with Crippen molar-refractivity contribution in [3.8, 4) is 0 Å². The molecule has 0 bridgehead atoms. The van der Waals surface area contributed by atoms with Crippen LogP contribution in [0.5, 0.6) is 0 Å². The molecular weight excluding hydrogens is 282 g/mol. The number of esters is 1. The maximum absolute atomic E-state index is 11.9. The minimum absolute atomic E-state index is 0.127. The highest BCUT2D eigenvalue weighted by molar-refractivity contribution is 5.93. The zero-order valence-electron chi connectivity index (χ0n) is 12.6. The van der Waals surface area contributed by atoms with Gasteiger partial charge in [-0.25, -0.2) is 4.79 Å². The summed E-state index contributed by atoms with van der Waals surface area (Å²) in [5.74, 6) is -0.276. The summed E-state index contributed by atoms with van der Waals surface area (Å²) in [6.07, 6.45) is 2.91. The summed E-state index contributed by atoms with van der Waals surface area (Å²) in [5, 5.41) is 0. The van der Waals surface area contributed by atoms with Gasteiger partial charge in [-0.15, -0.1) is 0 Å². The third-order valence-corrected chi connectivity index (χ3v) is 4.88. The van der Waals surface area contributed by atoms with E-state index in [4.69, 9.17) is 14.2 Å². The van der Waals surface area contributed by atoms with E-state index in [9.17, 15) is 4.79 Å². The lowest BCUT2D eigenvalue weighted by molar-refractivity contribution is -0.153. The fraction of sp³-hybridized carbons (Fsp3) is 0.588. The Bertz CT molecular complexity index is 555. The van der Waals surface area contributed by atoms with E-state index in [1.807, 2.05) is 18.2 Å². The minimum atomic E-state index is -0.546. The number of morpholine rings is 1. The van der Waals surface area contributed by atoms with Crippen LogP contribution in [-0.2, 0) is 14.2 Å². The average Bonchev–Trinajstić information content (AvgIpc) is 3.15. The zero-order chi connectivity index (χ0) is 14.9. The van der Waals surface area contributed by atoms with Crippen LogP contribution >= 0.6 is 0 Å². The van der Waals surface area contributed by atoms with Crippen LogP contribution in [0.25, 0.3) is 0 Å². The Kier molecular flexibility index (Phi) is 3.86. The first-order valence-corrected chi connectivity index (χ1v) is 8.10. The maximum Gasteiger partial charge on any atom is 0.341 e. The molecule has 0 N–H and O–H groups in total. The summed E-state index contributed by atoms with van der Waals surface area (Å²) in [4.78, 5) is 14.4. The molecule has 1 unspecified atom stereocenters. The Labute approximate surface area is 130 Å². The van der Waals surface area contributed by atoms with Crippen LogP contribution in [0.2, 0.25) is 0 Å². The van der Waals surface area contributed by atoms with E-state index in [1.165, 1.54) is 0 Å². The molecule has 3 atom stereocenters. The minimum Gasteiger partial charge on any atom is -0.428 e. The second-order valence-electron chi connectivity index (χ2n) is 6.15. The lowest BCUT2D eigenvalue weighted by Crippen LogP contribution is -2.47. The standard InChI is InChI=1S/C17H21NO4/c19-16-12-4-1-2-5-13(12)17(22-16)21-15-7-3-6-14(15)18-8-10-20-11-9-18/h1-2,4-5,14-15,17H,3,6-11H2/t14-,15-,17?/m0/s1. The largest absolute Gasteiger partial charge is 0.428 e. The van der Waals surface area contributed by atoms with Crippen LogP contribution < -0.4 is 0 Å². The summed E-state index contributed by atoms with van der Waals surface area (Å²) in [6.45, 7) is 3.52. The summed E-state index contributed by atoms with van der Waals surface area (Å²) < 4.78 is 17.1. The number of benzene rings is 1. The highest BCUT2D eigenvalue weighted by atomic mass is 16.7. The summed E-state index contributed by atoms with van der Waals surface area (Å²) in [6, 6.07) is 7.91. The monoisotopic (exact) mass is 303 g/mol.